The molecule has 23 heavy (non-hydrogen) atoms. The summed E-state index contributed by atoms with van der Waals surface area (Å²) in [6.07, 6.45) is -1.83. The van der Waals surface area contributed by atoms with Gasteiger partial charge in [-0.15, -0.1) is 0 Å². The van der Waals surface area contributed by atoms with Crippen molar-refractivity contribution in [2.45, 2.75) is 37.3 Å². The van der Waals surface area contributed by atoms with Crippen LogP contribution >= 0.6 is 0 Å². The van der Waals surface area contributed by atoms with Gasteiger partial charge in [0.05, 0.1) is 13.2 Å². The molecule has 1 aromatic carbocycles. The van der Waals surface area contributed by atoms with Gasteiger partial charge in [0.15, 0.2) is 6.29 Å². The van der Waals surface area contributed by atoms with Crippen LogP contribution in [0.4, 0.5) is 0 Å². The van der Waals surface area contributed by atoms with Gasteiger partial charge < -0.3 is 28.4 Å². The molecule has 5 atom stereocenters. The van der Waals surface area contributed by atoms with Crippen molar-refractivity contribution < 1.29 is 28.4 Å². The third-order valence-corrected chi connectivity index (χ3v) is 4.00. The fourth-order valence-corrected chi connectivity index (χ4v) is 2.87. The normalized spacial score (nSPS) is 31.2. The van der Waals surface area contributed by atoms with E-state index >= 15 is 0 Å². The zero-order valence-corrected chi connectivity index (χ0v) is 14.1. The first-order chi connectivity index (χ1) is 11.2. The Hall–Kier alpha value is -1.02. The lowest BCUT2D eigenvalue weighted by atomic mass is 9.98. The summed E-state index contributed by atoms with van der Waals surface area (Å²) in [5, 5.41) is 0. The van der Waals surface area contributed by atoms with E-state index in [0.717, 1.165) is 5.56 Å². The molecule has 0 amide bonds. The lowest BCUT2D eigenvalue weighted by molar-refractivity contribution is -0.316. The van der Waals surface area contributed by atoms with E-state index in [0.29, 0.717) is 13.2 Å². The molecule has 6 nitrogen and oxygen atoms in total. The summed E-state index contributed by atoms with van der Waals surface area (Å²) in [5.41, 5.74) is 1.07. The van der Waals surface area contributed by atoms with E-state index < -0.39 is 6.29 Å². The Morgan fingerprint density at radius 1 is 0.870 bits per heavy atom. The second kappa shape index (κ2) is 9.32. The fourth-order valence-electron chi connectivity index (χ4n) is 2.87. The van der Waals surface area contributed by atoms with Crippen LogP contribution in [-0.2, 0) is 35.0 Å². The maximum absolute atomic E-state index is 6.01. The van der Waals surface area contributed by atoms with Crippen LogP contribution in [0.2, 0.25) is 0 Å². The summed E-state index contributed by atoms with van der Waals surface area (Å²) in [6.45, 7) is 0.819. The molecule has 1 aliphatic rings. The summed E-state index contributed by atoms with van der Waals surface area (Å²) >= 11 is 0. The Bertz CT molecular complexity index is 440. The quantitative estimate of drug-likeness (QED) is 0.724. The van der Waals surface area contributed by atoms with Gasteiger partial charge in [-0.05, 0) is 5.56 Å². The van der Waals surface area contributed by atoms with Crippen molar-refractivity contribution >= 4 is 0 Å². The molecule has 130 valence electrons. The zero-order chi connectivity index (χ0) is 16.7. The molecular formula is C17H26O6. The van der Waals surface area contributed by atoms with Crippen molar-refractivity contribution in [1.29, 1.82) is 0 Å². The van der Waals surface area contributed by atoms with E-state index in [2.05, 4.69) is 0 Å². The molecule has 0 radical (unpaired) electrons. The number of methoxy groups -OCH3 is 4. The highest BCUT2D eigenvalue weighted by Gasteiger charge is 2.47. The lowest BCUT2D eigenvalue weighted by Crippen LogP contribution is -2.61. The standard InChI is InChI=1S/C17H26O6/c1-18-11-13-14(19-2)15(20-3)16(21-4)17(23-13)22-10-12-8-6-5-7-9-12/h5-9,13-17H,10-11H2,1-4H3/t13-,14-,15+,16-,17-/m1/s1. The third-order valence-electron chi connectivity index (χ3n) is 4.00. The minimum atomic E-state index is -0.559. The molecular weight excluding hydrogens is 300 g/mol. The number of ether oxygens (including phenoxy) is 6. The predicted molar refractivity (Wildman–Crippen MR) is 84.2 cm³/mol. The molecule has 0 spiro atoms. The first-order valence-electron chi connectivity index (χ1n) is 7.63. The smallest absolute Gasteiger partial charge is 0.187 e. The predicted octanol–water partition coefficient (Wildman–Crippen LogP) is 1.62. The molecule has 0 saturated carbocycles. The second-order valence-electron chi connectivity index (χ2n) is 5.40. The number of benzene rings is 1. The SMILES string of the molecule is COC[C@H]1O[C@@H](OCc2ccccc2)[C@H](OC)[C@@H](OC)[C@@H]1OC. The van der Waals surface area contributed by atoms with Crippen molar-refractivity contribution in [2.75, 3.05) is 35.0 Å². The van der Waals surface area contributed by atoms with Crippen LogP contribution in [-0.4, -0.2) is 65.8 Å². The van der Waals surface area contributed by atoms with Gasteiger partial charge in [0.2, 0.25) is 0 Å². The maximum Gasteiger partial charge on any atom is 0.187 e. The molecule has 0 N–H and O–H groups in total. The molecule has 1 aliphatic heterocycles. The molecule has 1 fully saturated rings. The summed E-state index contributed by atoms with van der Waals surface area (Å²) < 4.78 is 33.9. The Kier molecular flexibility index (Phi) is 7.42. The zero-order valence-electron chi connectivity index (χ0n) is 14.1. The van der Waals surface area contributed by atoms with Crippen molar-refractivity contribution in [3.8, 4) is 0 Å². The van der Waals surface area contributed by atoms with Crippen molar-refractivity contribution in [1.82, 2.24) is 0 Å². The van der Waals surface area contributed by atoms with Crippen LogP contribution in [0.25, 0.3) is 0 Å². The molecule has 2 rings (SSSR count). The average Bonchev–Trinajstić information content (AvgIpc) is 2.60. The van der Waals surface area contributed by atoms with Gasteiger partial charge in [0, 0.05) is 28.4 Å². The van der Waals surface area contributed by atoms with E-state index in [1.807, 2.05) is 30.3 Å². The Labute approximate surface area is 137 Å². The van der Waals surface area contributed by atoms with E-state index in [1.165, 1.54) is 0 Å². The highest BCUT2D eigenvalue weighted by Crippen LogP contribution is 2.28. The highest BCUT2D eigenvalue weighted by atomic mass is 16.7. The van der Waals surface area contributed by atoms with Gasteiger partial charge in [-0.2, -0.15) is 0 Å². The van der Waals surface area contributed by atoms with Gasteiger partial charge in [-0.1, -0.05) is 30.3 Å². The first-order valence-corrected chi connectivity index (χ1v) is 7.63. The largest absolute Gasteiger partial charge is 0.382 e. The summed E-state index contributed by atoms with van der Waals surface area (Å²) in [5.74, 6) is 0. The van der Waals surface area contributed by atoms with E-state index in [1.54, 1.807) is 28.4 Å². The van der Waals surface area contributed by atoms with E-state index in [4.69, 9.17) is 28.4 Å². The molecule has 1 aromatic rings. The first kappa shape index (κ1) is 18.3. The van der Waals surface area contributed by atoms with E-state index in [-0.39, 0.29) is 24.4 Å². The Morgan fingerprint density at radius 2 is 1.52 bits per heavy atom. The summed E-state index contributed by atoms with van der Waals surface area (Å²) in [7, 11) is 6.50. The molecule has 1 saturated heterocycles. The average molecular weight is 326 g/mol. The van der Waals surface area contributed by atoms with E-state index in [9.17, 15) is 0 Å². The van der Waals surface area contributed by atoms with Gasteiger partial charge in [-0.3, -0.25) is 0 Å². The van der Waals surface area contributed by atoms with Crippen molar-refractivity contribution in [2.24, 2.45) is 0 Å². The molecule has 0 aromatic heterocycles. The van der Waals surface area contributed by atoms with Crippen LogP contribution < -0.4 is 0 Å². The Balaban J connectivity index is 2.09. The van der Waals surface area contributed by atoms with Crippen LogP contribution in [0.5, 0.6) is 0 Å². The minimum absolute atomic E-state index is 0.290. The number of hydrogen-bond donors (Lipinski definition) is 0. The maximum atomic E-state index is 6.01. The van der Waals surface area contributed by atoms with Crippen LogP contribution in [0.3, 0.4) is 0 Å². The molecule has 0 unspecified atom stereocenters. The van der Waals surface area contributed by atoms with Crippen LogP contribution in [0, 0.1) is 0 Å². The Morgan fingerprint density at radius 3 is 2.09 bits per heavy atom. The molecule has 6 heteroatoms. The van der Waals surface area contributed by atoms with Gasteiger partial charge in [-0.25, -0.2) is 0 Å². The number of rotatable bonds is 8. The lowest BCUT2D eigenvalue weighted by Gasteiger charge is -2.44. The van der Waals surface area contributed by atoms with Gasteiger partial charge >= 0.3 is 0 Å². The summed E-state index contributed by atoms with van der Waals surface area (Å²) in [6, 6.07) is 9.92. The second-order valence-corrected chi connectivity index (χ2v) is 5.40. The van der Waals surface area contributed by atoms with Gasteiger partial charge in [0.1, 0.15) is 24.4 Å². The van der Waals surface area contributed by atoms with Crippen molar-refractivity contribution in [3.05, 3.63) is 35.9 Å². The molecule has 1 heterocycles. The van der Waals surface area contributed by atoms with Gasteiger partial charge in [0.25, 0.3) is 0 Å². The molecule has 0 bridgehead atoms. The highest BCUT2D eigenvalue weighted by molar-refractivity contribution is 5.13. The fraction of sp³-hybridized carbons (Fsp3) is 0.647. The monoisotopic (exact) mass is 326 g/mol. The molecule has 0 aliphatic carbocycles. The topological polar surface area (TPSA) is 55.4 Å². The van der Waals surface area contributed by atoms with Crippen LogP contribution in [0.15, 0.2) is 30.3 Å². The van der Waals surface area contributed by atoms with Crippen LogP contribution in [0.1, 0.15) is 5.56 Å². The summed E-state index contributed by atoms with van der Waals surface area (Å²) in [4.78, 5) is 0. The van der Waals surface area contributed by atoms with Crippen molar-refractivity contribution in [3.63, 3.8) is 0 Å². The third kappa shape index (κ3) is 4.50. The number of hydrogen-bond acceptors (Lipinski definition) is 6. The minimum Gasteiger partial charge on any atom is -0.382 e.